The van der Waals surface area contributed by atoms with E-state index in [1.807, 2.05) is 36.7 Å². The smallest absolute Gasteiger partial charge is 0.211 e. The van der Waals surface area contributed by atoms with Gasteiger partial charge in [0.2, 0.25) is 5.13 Å². The van der Waals surface area contributed by atoms with E-state index in [9.17, 15) is 0 Å². The number of aryl methyl sites for hydroxylation is 2. The van der Waals surface area contributed by atoms with E-state index in [1.54, 1.807) is 23.1 Å². The fourth-order valence-corrected chi connectivity index (χ4v) is 6.86. The second-order valence-corrected chi connectivity index (χ2v) is 12.6. The molecule has 0 unspecified atom stereocenters. The molecular formula is C26H27Cl2N5OS2. The molecule has 0 amide bonds. The van der Waals surface area contributed by atoms with Crippen molar-refractivity contribution in [1.29, 1.82) is 0 Å². The molecule has 36 heavy (non-hydrogen) atoms. The Morgan fingerprint density at radius 3 is 2.50 bits per heavy atom. The third kappa shape index (κ3) is 5.43. The largest absolute Gasteiger partial charge is 0.378 e. The zero-order chi connectivity index (χ0) is 25.4. The average Bonchev–Trinajstić information content (AvgIpc) is 3.44. The Morgan fingerprint density at radius 1 is 1.00 bits per heavy atom. The second kappa shape index (κ2) is 10.7. The predicted octanol–water partition coefficient (Wildman–Crippen LogP) is 7.32. The average molecular weight is 561 g/mol. The molecule has 1 fully saturated rings. The van der Waals surface area contributed by atoms with Crippen LogP contribution < -0.4 is 4.90 Å². The van der Waals surface area contributed by atoms with Crippen molar-refractivity contribution in [3.63, 3.8) is 0 Å². The van der Waals surface area contributed by atoms with E-state index >= 15 is 0 Å². The van der Waals surface area contributed by atoms with Gasteiger partial charge in [-0.15, -0.1) is 11.8 Å². The van der Waals surface area contributed by atoms with Crippen LogP contribution in [0.4, 0.5) is 5.82 Å². The number of nitrogens with zero attached hydrogens (tertiary/aromatic N) is 5. The number of ether oxygens (including phenoxy) is 1. The first-order valence-corrected chi connectivity index (χ1v) is 14.2. The second-order valence-electron chi connectivity index (χ2n) is 8.96. The summed E-state index contributed by atoms with van der Waals surface area (Å²) in [6.45, 7) is 11.6. The standard InChI is InChI=1S/C26H27Cl2N5OS2/c1-15(2)35-25-24(18-5-6-21(27)22(28)12-18)30-26(36-25)33-14-20(17(4)31-33)19-11-16(3)29-23(13-19)32-7-9-34-10-8-32/h5-6,11-15H,7-10H2,1-4H3. The van der Waals surface area contributed by atoms with Crippen LogP contribution in [0.15, 0.2) is 40.7 Å². The van der Waals surface area contributed by atoms with Gasteiger partial charge in [-0.25, -0.2) is 14.6 Å². The summed E-state index contributed by atoms with van der Waals surface area (Å²) in [7, 11) is 0. The highest BCUT2D eigenvalue weighted by molar-refractivity contribution is 8.01. The lowest BCUT2D eigenvalue weighted by atomic mass is 10.1. The molecule has 0 spiro atoms. The minimum absolute atomic E-state index is 0.410. The first-order valence-electron chi connectivity index (χ1n) is 11.8. The quantitative estimate of drug-likeness (QED) is 0.231. The van der Waals surface area contributed by atoms with Gasteiger partial charge in [-0.1, -0.05) is 54.5 Å². The number of thiazole rings is 1. The maximum Gasteiger partial charge on any atom is 0.211 e. The maximum absolute atomic E-state index is 6.32. The molecule has 1 aliphatic heterocycles. The maximum atomic E-state index is 6.32. The molecule has 188 valence electrons. The van der Waals surface area contributed by atoms with E-state index in [2.05, 4.69) is 37.1 Å². The van der Waals surface area contributed by atoms with Crippen LogP contribution in [0.2, 0.25) is 10.0 Å². The Hall–Kier alpha value is -2.10. The van der Waals surface area contributed by atoms with E-state index in [0.717, 1.165) is 75.2 Å². The number of benzene rings is 1. The molecule has 0 saturated carbocycles. The Morgan fingerprint density at radius 2 is 1.78 bits per heavy atom. The molecule has 5 rings (SSSR count). The SMILES string of the molecule is Cc1cc(-c2cn(-c3nc(-c4ccc(Cl)c(Cl)c4)c(SC(C)C)s3)nc2C)cc(N2CCOCC2)n1. The third-order valence-electron chi connectivity index (χ3n) is 5.80. The molecule has 0 atom stereocenters. The van der Waals surface area contributed by atoms with Gasteiger partial charge in [0.15, 0.2) is 0 Å². The summed E-state index contributed by atoms with van der Waals surface area (Å²) < 4.78 is 8.52. The van der Waals surface area contributed by atoms with Gasteiger partial charge in [0.05, 0.1) is 38.9 Å². The number of halogens is 2. The fraction of sp³-hybridized carbons (Fsp3) is 0.346. The molecule has 3 aromatic heterocycles. The van der Waals surface area contributed by atoms with E-state index < -0.39 is 0 Å². The van der Waals surface area contributed by atoms with Crippen molar-refractivity contribution in [3.8, 4) is 27.5 Å². The summed E-state index contributed by atoms with van der Waals surface area (Å²) in [6.07, 6.45) is 2.06. The Kier molecular flexibility index (Phi) is 7.60. The number of rotatable bonds is 6. The Balaban J connectivity index is 1.53. The zero-order valence-corrected chi connectivity index (χ0v) is 23.7. The van der Waals surface area contributed by atoms with E-state index in [4.69, 9.17) is 43.0 Å². The van der Waals surface area contributed by atoms with Crippen LogP contribution in [-0.4, -0.2) is 51.3 Å². The minimum atomic E-state index is 0.410. The molecule has 0 bridgehead atoms. The number of hydrogen-bond donors (Lipinski definition) is 0. The van der Waals surface area contributed by atoms with Crippen LogP contribution in [0.25, 0.3) is 27.5 Å². The van der Waals surface area contributed by atoms with Gasteiger partial charge in [0, 0.05) is 41.4 Å². The monoisotopic (exact) mass is 559 g/mol. The molecule has 10 heteroatoms. The summed E-state index contributed by atoms with van der Waals surface area (Å²) in [6, 6.07) is 9.91. The lowest BCUT2D eigenvalue weighted by molar-refractivity contribution is 0.122. The van der Waals surface area contributed by atoms with Crippen LogP contribution in [-0.2, 0) is 4.74 Å². The summed E-state index contributed by atoms with van der Waals surface area (Å²) >= 11 is 15.9. The van der Waals surface area contributed by atoms with Gasteiger partial charge < -0.3 is 9.64 Å². The molecule has 4 aromatic rings. The number of thioether (sulfide) groups is 1. The Bertz CT molecular complexity index is 1400. The van der Waals surface area contributed by atoms with Gasteiger partial charge in [0.25, 0.3) is 0 Å². The van der Waals surface area contributed by atoms with Crippen molar-refractivity contribution in [2.45, 2.75) is 37.2 Å². The normalized spacial score (nSPS) is 14.1. The summed E-state index contributed by atoms with van der Waals surface area (Å²) in [5.74, 6) is 0.979. The van der Waals surface area contributed by atoms with Crippen LogP contribution in [0, 0.1) is 13.8 Å². The highest BCUT2D eigenvalue weighted by atomic mass is 35.5. The van der Waals surface area contributed by atoms with Crippen molar-refractivity contribution >= 4 is 52.1 Å². The van der Waals surface area contributed by atoms with Crippen molar-refractivity contribution in [2.24, 2.45) is 0 Å². The lowest BCUT2D eigenvalue weighted by Crippen LogP contribution is -2.36. The summed E-state index contributed by atoms with van der Waals surface area (Å²) in [5.41, 5.74) is 5.94. The van der Waals surface area contributed by atoms with Crippen molar-refractivity contribution < 1.29 is 4.74 Å². The molecule has 0 N–H and O–H groups in total. The van der Waals surface area contributed by atoms with E-state index in [-0.39, 0.29) is 0 Å². The lowest BCUT2D eigenvalue weighted by Gasteiger charge is -2.28. The van der Waals surface area contributed by atoms with E-state index in [0.29, 0.717) is 15.3 Å². The number of morpholine rings is 1. The number of pyridine rings is 1. The van der Waals surface area contributed by atoms with Gasteiger partial charge in [-0.3, -0.25) is 0 Å². The van der Waals surface area contributed by atoms with Crippen molar-refractivity contribution in [2.75, 3.05) is 31.2 Å². The van der Waals surface area contributed by atoms with Crippen LogP contribution >= 0.6 is 46.3 Å². The number of aromatic nitrogens is 4. The van der Waals surface area contributed by atoms with Crippen molar-refractivity contribution in [3.05, 3.63) is 58.0 Å². The molecule has 0 radical (unpaired) electrons. The topological polar surface area (TPSA) is 56.1 Å². The molecule has 6 nitrogen and oxygen atoms in total. The molecule has 1 aromatic carbocycles. The highest BCUT2D eigenvalue weighted by Gasteiger charge is 2.20. The van der Waals surface area contributed by atoms with Gasteiger partial charge >= 0.3 is 0 Å². The highest BCUT2D eigenvalue weighted by Crippen LogP contribution is 2.41. The molecular weight excluding hydrogens is 533 g/mol. The predicted molar refractivity (Wildman–Crippen MR) is 151 cm³/mol. The minimum Gasteiger partial charge on any atom is -0.378 e. The molecule has 1 saturated heterocycles. The summed E-state index contributed by atoms with van der Waals surface area (Å²) in [5, 5.41) is 7.12. The molecule has 1 aliphatic rings. The Labute approximate surface area is 229 Å². The first kappa shape index (κ1) is 25.5. The number of hydrogen-bond acceptors (Lipinski definition) is 7. The first-order chi connectivity index (χ1) is 17.3. The van der Waals surface area contributed by atoms with E-state index in [1.165, 1.54) is 0 Å². The molecule has 0 aliphatic carbocycles. The third-order valence-corrected chi connectivity index (χ3v) is 8.80. The van der Waals surface area contributed by atoms with Crippen LogP contribution in [0.1, 0.15) is 25.2 Å². The number of anilines is 1. The molecule has 4 heterocycles. The van der Waals surface area contributed by atoms with Crippen molar-refractivity contribution in [1.82, 2.24) is 19.7 Å². The summed E-state index contributed by atoms with van der Waals surface area (Å²) in [4.78, 5) is 12.0. The van der Waals surface area contributed by atoms with Crippen LogP contribution in [0.3, 0.4) is 0 Å². The van der Waals surface area contributed by atoms with Gasteiger partial charge in [-0.05, 0) is 43.7 Å². The van der Waals surface area contributed by atoms with Gasteiger partial charge in [-0.2, -0.15) is 5.10 Å². The van der Waals surface area contributed by atoms with Gasteiger partial charge in [0.1, 0.15) is 5.82 Å². The zero-order valence-electron chi connectivity index (χ0n) is 20.6. The fourth-order valence-electron chi connectivity index (χ4n) is 4.12. The van der Waals surface area contributed by atoms with Crippen LogP contribution in [0.5, 0.6) is 0 Å².